The molecule has 84 valence electrons. The summed E-state index contributed by atoms with van der Waals surface area (Å²) in [4.78, 5) is 12.2. The Morgan fingerprint density at radius 2 is 2.07 bits per heavy atom. The Labute approximate surface area is 92.9 Å². The molecule has 1 nitrogen and oxygen atoms in total. The van der Waals surface area contributed by atoms with E-state index in [1.54, 1.807) is 0 Å². The van der Waals surface area contributed by atoms with E-state index in [-0.39, 0.29) is 0 Å². The molecule has 0 aromatic rings. The van der Waals surface area contributed by atoms with Gasteiger partial charge in [-0.05, 0) is 55.9 Å². The van der Waals surface area contributed by atoms with Crippen LogP contribution in [-0.2, 0) is 4.79 Å². The first-order valence-electron chi connectivity index (χ1n) is 6.41. The Balaban J connectivity index is 1.96. The van der Waals surface area contributed by atoms with Crippen LogP contribution in [0.15, 0.2) is 11.6 Å². The fourth-order valence-electron chi connectivity index (χ4n) is 2.94. The molecule has 15 heavy (non-hydrogen) atoms. The van der Waals surface area contributed by atoms with E-state index in [0.29, 0.717) is 11.7 Å². The molecule has 0 aromatic carbocycles. The molecule has 0 heterocycles. The van der Waals surface area contributed by atoms with Gasteiger partial charge in [-0.15, -0.1) is 0 Å². The molecular weight excluding hydrogens is 184 g/mol. The van der Waals surface area contributed by atoms with E-state index in [0.717, 1.165) is 43.1 Å². The Bertz CT molecular complexity index is 277. The van der Waals surface area contributed by atoms with Crippen LogP contribution >= 0.6 is 0 Å². The fourth-order valence-corrected chi connectivity index (χ4v) is 2.94. The molecule has 0 amide bonds. The number of carbonyl (C=O) groups excluding carboxylic acids is 1. The predicted octanol–water partition coefficient (Wildman–Crippen LogP) is 3.74. The fraction of sp³-hybridized carbons (Fsp3) is 0.786. The minimum Gasteiger partial charge on any atom is -0.294 e. The molecule has 0 N–H and O–H groups in total. The van der Waals surface area contributed by atoms with Gasteiger partial charge in [0.1, 0.15) is 0 Å². The summed E-state index contributed by atoms with van der Waals surface area (Å²) in [6.07, 6.45) is 9.02. The third kappa shape index (κ3) is 2.32. The molecule has 0 radical (unpaired) electrons. The molecule has 2 rings (SSSR count). The highest BCUT2D eigenvalue weighted by Gasteiger charge is 2.30. The molecule has 3 unspecified atom stereocenters. The molecular formula is C14H22O. The lowest BCUT2D eigenvalue weighted by atomic mass is 9.73. The van der Waals surface area contributed by atoms with Crippen LogP contribution in [0.1, 0.15) is 52.4 Å². The van der Waals surface area contributed by atoms with Crippen molar-refractivity contribution in [2.75, 3.05) is 0 Å². The highest BCUT2D eigenvalue weighted by molar-refractivity contribution is 5.97. The summed E-state index contributed by atoms with van der Waals surface area (Å²) in [5.41, 5.74) is 1.14. The molecule has 3 atom stereocenters. The summed E-state index contributed by atoms with van der Waals surface area (Å²) < 4.78 is 0. The van der Waals surface area contributed by atoms with Gasteiger partial charge < -0.3 is 0 Å². The van der Waals surface area contributed by atoms with Crippen LogP contribution in [0.5, 0.6) is 0 Å². The van der Waals surface area contributed by atoms with Gasteiger partial charge in [-0.25, -0.2) is 0 Å². The molecule has 1 saturated carbocycles. The first-order valence-corrected chi connectivity index (χ1v) is 6.41. The zero-order chi connectivity index (χ0) is 10.8. The summed E-state index contributed by atoms with van der Waals surface area (Å²) in [6.45, 7) is 4.62. The molecule has 0 saturated heterocycles. The van der Waals surface area contributed by atoms with Gasteiger partial charge in [0, 0.05) is 5.92 Å². The maximum Gasteiger partial charge on any atom is 0.161 e. The zero-order valence-corrected chi connectivity index (χ0v) is 9.96. The second-order valence-corrected chi connectivity index (χ2v) is 5.45. The number of Topliss-reactive ketones (excluding diaryl/α,β-unsaturated/α-hetero) is 1. The summed E-state index contributed by atoms with van der Waals surface area (Å²) in [5, 5.41) is 0. The molecule has 0 bridgehead atoms. The van der Waals surface area contributed by atoms with Crippen molar-refractivity contribution >= 4 is 5.78 Å². The molecule has 1 fully saturated rings. The van der Waals surface area contributed by atoms with Crippen molar-refractivity contribution in [1.29, 1.82) is 0 Å². The molecule has 0 aromatic heterocycles. The third-order valence-electron chi connectivity index (χ3n) is 4.33. The first-order chi connectivity index (χ1) is 7.18. The predicted molar refractivity (Wildman–Crippen MR) is 62.6 cm³/mol. The summed E-state index contributed by atoms with van der Waals surface area (Å²) in [6, 6.07) is 0. The van der Waals surface area contributed by atoms with E-state index >= 15 is 0 Å². The van der Waals surface area contributed by atoms with E-state index in [1.807, 2.05) is 0 Å². The third-order valence-corrected chi connectivity index (χ3v) is 4.33. The standard InChI is InChI=1S/C14H22O/c1-10-7-8-13(9-11(10)2)14(15)12-5-3-4-6-12/h5,10-11,13H,3-4,6-9H2,1-2H3. The van der Waals surface area contributed by atoms with Crippen molar-refractivity contribution in [2.45, 2.75) is 52.4 Å². The number of carbonyl (C=O) groups is 1. The van der Waals surface area contributed by atoms with Gasteiger partial charge in [-0.3, -0.25) is 4.79 Å². The number of rotatable bonds is 2. The van der Waals surface area contributed by atoms with E-state index in [1.165, 1.54) is 12.8 Å². The maximum absolute atomic E-state index is 12.2. The van der Waals surface area contributed by atoms with E-state index in [2.05, 4.69) is 19.9 Å². The Morgan fingerprint density at radius 3 is 2.67 bits per heavy atom. The van der Waals surface area contributed by atoms with Gasteiger partial charge >= 0.3 is 0 Å². The number of allylic oxidation sites excluding steroid dienone is 2. The minimum absolute atomic E-state index is 0.348. The van der Waals surface area contributed by atoms with Crippen LogP contribution in [0, 0.1) is 17.8 Å². The van der Waals surface area contributed by atoms with Crippen molar-refractivity contribution in [3.63, 3.8) is 0 Å². The average Bonchev–Trinajstić information content (AvgIpc) is 2.74. The van der Waals surface area contributed by atoms with Gasteiger partial charge in [0.25, 0.3) is 0 Å². The van der Waals surface area contributed by atoms with Crippen LogP contribution in [0.4, 0.5) is 0 Å². The van der Waals surface area contributed by atoms with Crippen LogP contribution in [0.2, 0.25) is 0 Å². The molecule has 0 spiro atoms. The van der Waals surface area contributed by atoms with E-state index < -0.39 is 0 Å². The van der Waals surface area contributed by atoms with Gasteiger partial charge in [-0.2, -0.15) is 0 Å². The smallest absolute Gasteiger partial charge is 0.161 e. The molecule has 1 heteroatoms. The van der Waals surface area contributed by atoms with Crippen molar-refractivity contribution in [3.05, 3.63) is 11.6 Å². The zero-order valence-electron chi connectivity index (χ0n) is 9.96. The van der Waals surface area contributed by atoms with Crippen LogP contribution < -0.4 is 0 Å². The Kier molecular flexibility index (Phi) is 3.28. The molecule has 2 aliphatic carbocycles. The number of hydrogen-bond acceptors (Lipinski definition) is 1. The first kappa shape index (κ1) is 10.9. The van der Waals surface area contributed by atoms with Crippen molar-refractivity contribution in [1.82, 2.24) is 0 Å². The summed E-state index contributed by atoms with van der Waals surface area (Å²) in [7, 11) is 0. The Hall–Kier alpha value is -0.590. The normalized spacial score (nSPS) is 36.4. The SMILES string of the molecule is CC1CCC(C(=O)C2=CCCC2)CC1C. The maximum atomic E-state index is 12.2. The van der Waals surface area contributed by atoms with Crippen molar-refractivity contribution in [3.8, 4) is 0 Å². The lowest BCUT2D eigenvalue weighted by molar-refractivity contribution is -0.121. The molecule has 0 aliphatic heterocycles. The van der Waals surface area contributed by atoms with Gasteiger partial charge in [-0.1, -0.05) is 19.9 Å². The van der Waals surface area contributed by atoms with Crippen molar-refractivity contribution in [2.24, 2.45) is 17.8 Å². The van der Waals surface area contributed by atoms with Gasteiger partial charge in [0.05, 0.1) is 0 Å². The molecule has 2 aliphatic rings. The summed E-state index contributed by atoms with van der Waals surface area (Å²) in [5.74, 6) is 2.37. The number of hydrogen-bond donors (Lipinski definition) is 0. The van der Waals surface area contributed by atoms with Gasteiger partial charge in [0.15, 0.2) is 5.78 Å². The monoisotopic (exact) mass is 206 g/mol. The second-order valence-electron chi connectivity index (χ2n) is 5.45. The van der Waals surface area contributed by atoms with Crippen LogP contribution in [0.3, 0.4) is 0 Å². The second kappa shape index (κ2) is 4.51. The van der Waals surface area contributed by atoms with Gasteiger partial charge in [0.2, 0.25) is 0 Å². The van der Waals surface area contributed by atoms with Crippen LogP contribution in [-0.4, -0.2) is 5.78 Å². The topological polar surface area (TPSA) is 17.1 Å². The lowest BCUT2D eigenvalue weighted by Gasteiger charge is -2.31. The van der Waals surface area contributed by atoms with Crippen molar-refractivity contribution < 1.29 is 4.79 Å². The Morgan fingerprint density at radius 1 is 1.27 bits per heavy atom. The number of ketones is 1. The lowest BCUT2D eigenvalue weighted by Crippen LogP contribution is -2.27. The summed E-state index contributed by atoms with van der Waals surface area (Å²) >= 11 is 0. The van der Waals surface area contributed by atoms with E-state index in [9.17, 15) is 4.79 Å². The van der Waals surface area contributed by atoms with E-state index in [4.69, 9.17) is 0 Å². The average molecular weight is 206 g/mol. The largest absolute Gasteiger partial charge is 0.294 e. The quantitative estimate of drug-likeness (QED) is 0.672. The van der Waals surface area contributed by atoms with Crippen LogP contribution in [0.25, 0.3) is 0 Å². The minimum atomic E-state index is 0.348. The highest BCUT2D eigenvalue weighted by Crippen LogP contribution is 2.36. The highest BCUT2D eigenvalue weighted by atomic mass is 16.1.